The lowest BCUT2D eigenvalue weighted by atomic mass is 10.0. The SMILES string of the molecule is CCc1cccc(C)c1NC(=O)[C@H](CC)N(c1cc(Cl)cc(Cl)c1)S(C)(=O)=O. The zero-order chi connectivity index (χ0) is 21.1. The Kier molecular flexibility index (Phi) is 7.37. The number of benzene rings is 2. The van der Waals surface area contributed by atoms with Crippen LogP contribution in [-0.2, 0) is 21.2 Å². The smallest absolute Gasteiger partial charge is 0.248 e. The van der Waals surface area contributed by atoms with E-state index in [0.717, 1.165) is 28.1 Å². The van der Waals surface area contributed by atoms with Crippen molar-refractivity contribution < 1.29 is 13.2 Å². The molecule has 8 heteroatoms. The Bertz CT molecular complexity index is 957. The molecule has 2 aromatic carbocycles. The predicted octanol–water partition coefficient (Wildman–Crippen LogP) is 5.05. The lowest BCUT2D eigenvalue weighted by Gasteiger charge is -2.30. The molecule has 5 nitrogen and oxygen atoms in total. The van der Waals surface area contributed by atoms with Crippen LogP contribution in [0.15, 0.2) is 36.4 Å². The summed E-state index contributed by atoms with van der Waals surface area (Å²) in [6, 6.07) is 9.29. The van der Waals surface area contributed by atoms with Crippen molar-refractivity contribution in [1.29, 1.82) is 0 Å². The molecule has 2 aromatic rings. The van der Waals surface area contributed by atoms with Gasteiger partial charge in [0.05, 0.1) is 11.9 Å². The van der Waals surface area contributed by atoms with E-state index in [9.17, 15) is 13.2 Å². The van der Waals surface area contributed by atoms with Crippen LogP contribution in [0.4, 0.5) is 11.4 Å². The second-order valence-corrected chi connectivity index (χ2v) is 9.29. The summed E-state index contributed by atoms with van der Waals surface area (Å²) in [5, 5.41) is 3.50. The van der Waals surface area contributed by atoms with Crippen molar-refractivity contribution in [2.75, 3.05) is 15.9 Å². The maximum atomic E-state index is 13.1. The lowest BCUT2D eigenvalue weighted by molar-refractivity contribution is -0.117. The number of aryl methyl sites for hydroxylation is 2. The van der Waals surface area contributed by atoms with Gasteiger partial charge in [0.1, 0.15) is 6.04 Å². The van der Waals surface area contributed by atoms with E-state index < -0.39 is 22.0 Å². The molecule has 1 N–H and O–H groups in total. The number of carbonyl (C=O) groups is 1. The molecule has 0 unspecified atom stereocenters. The summed E-state index contributed by atoms with van der Waals surface area (Å²) in [6.45, 7) is 5.66. The van der Waals surface area contributed by atoms with Crippen LogP contribution in [0.1, 0.15) is 31.4 Å². The third kappa shape index (κ3) is 5.19. The first-order valence-corrected chi connectivity index (χ1v) is 11.5. The van der Waals surface area contributed by atoms with E-state index in [1.165, 1.54) is 18.2 Å². The van der Waals surface area contributed by atoms with E-state index in [0.29, 0.717) is 15.7 Å². The average Bonchev–Trinajstić information content (AvgIpc) is 2.58. The number of sulfonamides is 1. The summed E-state index contributed by atoms with van der Waals surface area (Å²) in [4.78, 5) is 13.1. The highest BCUT2D eigenvalue weighted by atomic mass is 35.5. The standard InChI is InChI=1S/C20H24Cl2N2O3S/c1-5-14-9-7-8-13(3)19(14)23-20(25)18(6-2)24(28(4,26)27)17-11-15(21)10-16(22)12-17/h7-12,18H,5-6H2,1-4H3,(H,23,25)/t18-/m0/s1. The van der Waals surface area contributed by atoms with Gasteiger partial charge in [-0.3, -0.25) is 9.10 Å². The van der Waals surface area contributed by atoms with Gasteiger partial charge in [0.15, 0.2) is 0 Å². The number of nitrogens with zero attached hydrogens (tertiary/aromatic N) is 1. The van der Waals surface area contributed by atoms with Crippen LogP contribution < -0.4 is 9.62 Å². The molecular weight excluding hydrogens is 419 g/mol. The number of amides is 1. The first-order valence-electron chi connectivity index (χ1n) is 8.93. The molecule has 2 rings (SSSR count). The Morgan fingerprint density at radius 2 is 1.75 bits per heavy atom. The number of hydrogen-bond acceptors (Lipinski definition) is 3. The molecule has 28 heavy (non-hydrogen) atoms. The van der Waals surface area contributed by atoms with E-state index >= 15 is 0 Å². The van der Waals surface area contributed by atoms with Gasteiger partial charge in [-0.05, 0) is 49.1 Å². The molecule has 0 spiro atoms. The quantitative estimate of drug-likeness (QED) is 0.652. The molecule has 1 amide bonds. The fourth-order valence-electron chi connectivity index (χ4n) is 3.14. The Morgan fingerprint density at radius 1 is 1.14 bits per heavy atom. The molecule has 0 radical (unpaired) electrons. The van der Waals surface area contributed by atoms with E-state index in [4.69, 9.17) is 23.2 Å². The summed E-state index contributed by atoms with van der Waals surface area (Å²) in [5.41, 5.74) is 2.87. The van der Waals surface area contributed by atoms with Gasteiger partial charge in [-0.1, -0.05) is 55.2 Å². The first kappa shape index (κ1) is 22.5. The van der Waals surface area contributed by atoms with Crippen molar-refractivity contribution in [1.82, 2.24) is 0 Å². The normalized spacial score (nSPS) is 12.5. The molecule has 0 aliphatic rings. The minimum Gasteiger partial charge on any atom is -0.324 e. The molecule has 0 aromatic heterocycles. The van der Waals surface area contributed by atoms with Crippen LogP contribution in [0.25, 0.3) is 0 Å². The zero-order valence-electron chi connectivity index (χ0n) is 16.3. The van der Waals surface area contributed by atoms with Crippen molar-refractivity contribution in [2.45, 2.75) is 39.7 Å². The number of halogens is 2. The maximum absolute atomic E-state index is 13.1. The fourth-order valence-corrected chi connectivity index (χ4v) is 4.85. The maximum Gasteiger partial charge on any atom is 0.248 e. The molecular formula is C20H24Cl2N2O3S. The summed E-state index contributed by atoms with van der Waals surface area (Å²) >= 11 is 12.1. The molecule has 0 aliphatic heterocycles. The lowest BCUT2D eigenvalue weighted by Crippen LogP contribution is -2.47. The number of nitrogens with one attached hydrogen (secondary N) is 1. The van der Waals surface area contributed by atoms with E-state index in [1.54, 1.807) is 6.92 Å². The predicted molar refractivity (Wildman–Crippen MR) is 117 cm³/mol. The van der Waals surface area contributed by atoms with Gasteiger partial charge < -0.3 is 5.32 Å². The van der Waals surface area contributed by atoms with Gasteiger partial charge in [0, 0.05) is 15.7 Å². The average molecular weight is 443 g/mol. The fraction of sp³-hybridized carbons (Fsp3) is 0.350. The molecule has 0 saturated heterocycles. The van der Waals surface area contributed by atoms with Crippen LogP contribution in [0.3, 0.4) is 0 Å². The molecule has 0 heterocycles. The highest BCUT2D eigenvalue weighted by molar-refractivity contribution is 7.92. The number of para-hydroxylation sites is 1. The Hall–Kier alpha value is -1.76. The zero-order valence-corrected chi connectivity index (χ0v) is 18.6. The molecule has 0 saturated carbocycles. The number of hydrogen-bond donors (Lipinski definition) is 1. The van der Waals surface area contributed by atoms with Gasteiger partial charge in [0.25, 0.3) is 0 Å². The molecule has 0 aliphatic carbocycles. The van der Waals surface area contributed by atoms with Crippen molar-refractivity contribution in [2.24, 2.45) is 0 Å². The van der Waals surface area contributed by atoms with Crippen molar-refractivity contribution >= 4 is 50.5 Å². The Balaban J connectivity index is 2.48. The van der Waals surface area contributed by atoms with Crippen LogP contribution in [-0.4, -0.2) is 26.6 Å². The second kappa shape index (κ2) is 9.16. The Labute approximate surface area is 176 Å². The highest BCUT2D eigenvalue weighted by Gasteiger charge is 2.32. The van der Waals surface area contributed by atoms with Gasteiger partial charge >= 0.3 is 0 Å². The third-order valence-corrected chi connectivity index (χ3v) is 6.04. The second-order valence-electron chi connectivity index (χ2n) is 6.56. The molecule has 0 bridgehead atoms. The monoisotopic (exact) mass is 442 g/mol. The van der Waals surface area contributed by atoms with E-state index in [-0.39, 0.29) is 12.1 Å². The third-order valence-electron chi connectivity index (χ3n) is 4.42. The van der Waals surface area contributed by atoms with Crippen molar-refractivity contribution in [3.8, 4) is 0 Å². The topological polar surface area (TPSA) is 66.5 Å². The molecule has 1 atom stereocenters. The van der Waals surface area contributed by atoms with E-state index in [2.05, 4.69) is 5.32 Å². The van der Waals surface area contributed by atoms with Crippen LogP contribution >= 0.6 is 23.2 Å². The summed E-state index contributed by atoms with van der Waals surface area (Å²) < 4.78 is 26.2. The Morgan fingerprint density at radius 3 is 2.25 bits per heavy atom. The van der Waals surface area contributed by atoms with E-state index in [1.807, 2.05) is 32.0 Å². The summed E-state index contributed by atoms with van der Waals surface area (Å²) in [7, 11) is -3.77. The largest absolute Gasteiger partial charge is 0.324 e. The highest BCUT2D eigenvalue weighted by Crippen LogP contribution is 2.30. The minimum absolute atomic E-state index is 0.252. The van der Waals surface area contributed by atoms with Crippen LogP contribution in [0.2, 0.25) is 10.0 Å². The van der Waals surface area contributed by atoms with Crippen LogP contribution in [0.5, 0.6) is 0 Å². The van der Waals surface area contributed by atoms with Gasteiger partial charge in [0.2, 0.25) is 15.9 Å². The van der Waals surface area contributed by atoms with Crippen molar-refractivity contribution in [3.05, 3.63) is 57.6 Å². The minimum atomic E-state index is -3.77. The summed E-state index contributed by atoms with van der Waals surface area (Å²) in [5.74, 6) is -0.409. The molecule has 0 fully saturated rings. The van der Waals surface area contributed by atoms with Gasteiger partial charge in [-0.25, -0.2) is 8.42 Å². The van der Waals surface area contributed by atoms with Crippen molar-refractivity contribution in [3.63, 3.8) is 0 Å². The first-order chi connectivity index (χ1) is 13.1. The number of anilines is 2. The van der Waals surface area contributed by atoms with Gasteiger partial charge in [-0.15, -0.1) is 0 Å². The van der Waals surface area contributed by atoms with Gasteiger partial charge in [-0.2, -0.15) is 0 Å². The number of carbonyl (C=O) groups excluding carboxylic acids is 1. The van der Waals surface area contributed by atoms with Crippen LogP contribution in [0, 0.1) is 6.92 Å². The molecule has 152 valence electrons. The summed E-state index contributed by atoms with van der Waals surface area (Å²) in [6.07, 6.45) is 2.08. The number of rotatable bonds is 7.